The number of guanidine groups is 1. The molecule has 0 atom stereocenters. The number of nitrogens with one attached hydrogen (secondary N) is 2. The van der Waals surface area contributed by atoms with Crippen molar-refractivity contribution >= 4 is 11.6 Å². The van der Waals surface area contributed by atoms with Gasteiger partial charge in [-0.2, -0.15) is 0 Å². The highest BCUT2D eigenvalue weighted by Gasteiger charge is 2.06. The van der Waals surface area contributed by atoms with Gasteiger partial charge in [-0.3, -0.25) is 9.98 Å². The Hall–Kier alpha value is -2.76. The summed E-state index contributed by atoms with van der Waals surface area (Å²) >= 11 is 0. The number of aliphatic imine (C=N–C) groups is 1. The van der Waals surface area contributed by atoms with E-state index in [0.29, 0.717) is 24.0 Å². The molecule has 0 aliphatic rings. The number of hydrogen-bond donors (Lipinski definition) is 2. The smallest absolute Gasteiger partial charge is 0.195 e. The standard InChI is InChI=1S/C17H22N4O2/c1-12-6-5-7-14(20-12)11-19-17(18-2)21-13-8-9-15(22-3)16(10-13)23-4/h5-10H,11H2,1-4H3,(H2,18,19,21). The molecular formula is C17H22N4O2. The molecule has 23 heavy (non-hydrogen) atoms. The summed E-state index contributed by atoms with van der Waals surface area (Å²) in [5.41, 5.74) is 2.81. The number of methoxy groups -OCH3 is 2. The summed E-state index contributed by atoms with van der Waals surface area (Å²) in [6.45, 7) is 2.56. The van der Waals surface area contributed by atoms with Crippen molar-refractivity contribution in [3.63, 3.8) is 0 Å². The Morgan fingerprint density at radius 3 is 2.57 bits per heavy atom. The first-order chi connectivity index (χ1) is 11.2. The Bertz CT molecular complexity index is 686. The van der Waals surface area contributed by atoms with E-state index < -0.39 is 0 Å². The van der Waals surface area contributed by atoms with E-state index >= 15 is 0 Å². The molecule has 0 unspecified atom stereocenters. The summed E-state index contributed by atoms with van der Waals surface area (Å²) in [6.07, 6.45) is 0. The summed E-state index contributed by atoms with van der Waals surface area (Å²) in [4.78, 5) is 8.67. The van der Waals surface area contributed by atoms with E-state index in [2.05, 4.69) is 20.6 Å². The highest BCUT2D eigenvalue weighted by atomic mass is 16.5. The van der Waals surface area contributed by atoms with Crippen LogP contribution in [-0.4, -0.2) is 32.2 Å². The van der Waals surface area contributed by atoms with Crippen LogP contribution in [0, 0.1) is 6.92 Å². The van der Waals surface area contributed by atoms with E-state index in [-0.39, 0.29) is 0 Å². The third kappa shape index (κ3) is 4.60. The molecule has 1 aromatic heterocycles. The van der Waals surface area contributed by atoms with Gasteiger partial charge < -0.3 is 20.1 Å². The van der Waals surface area contributed by atoms with E-state index in [1.807, 2.05) is 43.3 Å². The second-order valence-electron chi connectivity index (χ2n) is 4.89. The molecule has 0 spiro atoms. The number of rotatable bonds is 5. The third-order valence-corrected chi connectivity index (χ3v) is 3.25. The van der Waals surface area contributed by atoms with Crippen molar-refractivity contribution in [1.29, 1.82) is 0 Å². The van der Waals surface area contributed by atoms with Gasteiger partial charge in [-0.1, -0.05) is 6.07 Å². The number of nitrogens with zero attached hydrogens (tertiary/aromatic N) is 2. The average Bonchev–Trinajstić information content (AvgIpc) is 2.58. The molecule has 0 aliphatic heterocycles. The number of aromatic nitrogens is 1. The van der Waals surface area contributed by atoms with Crippen LogP contribution >= 0.6 is 0 Å². The molecule has 6 nitrogen and oxygen atoms in total. The van der Waals surface area contributed by atoms with Crippen LogP contribution in [0.4, 0.5) is 5.69 Å². The van der Waals surface area contributed by atoms with E-state index in [9.17, 15) is 0 Å². The molecule has 0 fully saturated rings. The molecular weight excluding hydrogens is 292 g/mol. The number of pyridine rings is 1. The van der Waals surface area contributed by atoms with Gasteiger partial charge in [-0.25, -0.2) is 0 Å². The molecule has 122 valence electrons. The van der Waals surface area contributed by atoms with Crippen LogP contribution in [0.1, 0.15) is 11.4 Å². The molecule has 0 saturated heterocycles. The zero-order chi connectivity index (χ0) is 16.7. The van der Waals surface area contributed by atoms with Crippen molar-refractivity contribution in [2.75, 3.05) is 26.6 Å². The molecule has 0 saturated carbocycles. The molecule has 2 N–H and O–H groups in total. The number of ether oxygens (including phenoxy) is 2. The van der Waals surface area contributed by atoms with Crippen molar-refractivity contribution in [2.45, 2.75) is 13.5 Å². The lowest BCUT2D eigenvalue weighted by Crippen LogP contribution is -2.30. The SMILES string of the molecule is CN=C(NCc1cccc(C)n1)Nc1ccc(OC)c(OC)c1. The maximum atomic E-state index is 5.30. The Balaban J connectivity index is 2.02. The van der Waals surface area contributed by atoms with Crippen molar-refractivity contribution < 1.29 is 9.47 Å². The van der Waals surface area contributed by atoms with E-state index in [0.717, 1.165) is 17.1 Å². The van der Waals surface area contributed by atoms with Crippen molar-refractivity contribution in [1.82, 2.24) is 10.3 Å². The predicted octanol–water partition coefficient (Wildman–Crippen LogP) is 2.59. The van der Waals surface area contributed by atoms with Gasteiger partial charge in [0.15, 0.2) is 17.5 Å². The largest absolute Gasteiger partial charge is 0.493 e. The summed E-state index contributed by atoms with van der Waals surface area (Å²) in [6, 6.07) is 11.5. The van der Waals surface area contributed by atoms with Crippen LogP contribution in [0.2, 0.25) is 0 Å². The highest BCUT2D eigenvalue weighted by molar-refractivity contribution is 5.93. The third-order valence-electron chi connectivity index (χ3n) is 3.25. The van der Waals surface area contributed by atoms with E-state index in [1.165, 1.54) is 0 Å². The topological polar surface area (TPSA) is 67.8 Å². The summed E-state index contributed by atoms with van der Waals surface area (Å²) in [7, 11) is 4.94. The van der Waals surface area contributed by atoms with Gasteiger partial charge in [-0.05, 0) is 31.2 Å². The molecule has 2 rings (SSSR count). The lowest BCUT2D eigenvalue weighted by molar-refractivity contribution is 0.355. The minimum absolute atomic E-state index is 0.592. The minimum atomic E-state index is 0.592. The Morgan fingerprint density at radius 2 is 1.91 bits per heavy atom. The molecule has 6 heteroatoms. The maximum Gasteiger partial charge on any atom is 0.195 e. The molecule has 0 radical (unpaired) electrons. The van der Waals surface area contributed by atoms with Gasteiger partial charge in [0.1, 0.15) is 0 Å². The van der Waals surface area contributed by atoms with Gasteiger partial charge in [0, 0.05) is 24.5 Å². The Morgan fingerprint density at radius 1 is 1.13 bits per heavy atom. The number of aryl methyl sites for hydroxylation is 1. The fourth-order valence-electron chi connectivity index (χ4n) is 2.10. The highest BCUT2D eigenvalue weighted by Crippen LogP contribution is 2.29. The van der Waals surface area contributed by atoms with Gasteiger partial charge in [-0.15, -0.1) is 0 Å². The van der Waals surface area contributed by atoms with Gasteiger partial charge in [0.25, 0.3) is 0 Å². The normalized spacial score (nSPS) is 11.0. The first-order valence-corrected chi connectivity index (χ1v) is 7.28. The van der Waals surface area contributed by atoms with Crippen LogP contribution in [0.3, 0.4) is 0 Å². The molecule has 0 aliphatic carbocycles. The van der Waals surface area contributed by atoms with Gasteiger partial charge in [0.2, 0.25) is 0 Å². The zero-order valence-corrected chi connectivity index (χ0v) is 13.9. The van der Waals surface area contributed by atoms with E-state index in [1.54, 1.807) is 21.3 Å². The second-order valence-corrected chi connectivity index (χ2v) is 4.89. The predicted molar refractivity (Wildman–Crippen MR) is 92.3 cm³/mol. The second kappa shape index (κ2) is 8.03. The summed E-state index contributed by atoms with van der Waals surface area (Å²) in [5, 5.41) is 6.45. The number of hydrogen-bond acceptors (Lipinski definition) is 4. The first-order valence-electron chi connectivity index (χ1n) is 7.28. The number of benzene rings is 1. The fraction of sp³-hybridized carbons (Fsp3) is 0.294. The lowest BCUT2D eigenvalue weighted by atomic mass is 10.2. The van der Waals surface area contributed by atoms with Gasteiger partial charge >= 0.3 is 0 Å². The molecule has 2 aromatic rings. The minimum Gasteiger partial charge on any atom is -0.493 e. The van der Waals surface area contributed by atoms with E-state index in [4.69, 9.17) is 9.47 Å². The maximum absolute atomic E-state index is 5.30. The van der Waals surface area contributed by atoms with Crippen molar-refractivity contribution in [2.24, 2.45) is 4.99 Å². The zero-order valence-electron chi connectivity index (χ0n) is 13.9. The number of anilines is 1. The quantitative estimate of drug-likeness (QED) is 0.656. The summed E-state index contributed by atoms with van der Waals surface area (Å²) in [5.74, 6) is 2.00. The first kappa shape index (κ1) is 16.6. The van der Waals surface area contributed by atoms with Crippen molar-refractivity contribution in [3.05, 3.63) is 47.8 Å². The molecule has 0 amide bonds. The van der Waals surface area contributed by atoms with Crippen molar-refractivity contribution in [3.8, 4) is 11.5 Å². The monoisotopic (exact) mass is 314 g/mol. The lowest BCUT2D eigenvalue weighted by Gasteiger charge is -2.14. The Kier molecular flexibility index (Phi) is 5.80. The van der Waals surface area contributed by atoms with Crippen LogP contribution in [0.25, 0.3) is 0 Å². The van der Waals surface area contributed by atoms with Crippen LogP contribution in [0.5, 0.6) is 11.5 Å². The van der Waals surface area contributed by atoms with Crippen LogP contribution < -0.4 is 20.1 Å². The average molecular weight is 314 g/mol. The molecule has 0 bridgehead atoms. The molecule has 1 heterocycles. The van der Waals surface area contributed by atoms with Crippen LogP contribution in [0.15, 0.2) is 41.4 Å². The van der Waals surface area contributed by atoms with Gasteiger partial charge in [0.05, 0.1) is 26.5 Å². The summed E-state index contributed by atoms with van der Waals surface area (Å²) < 4.78 is 10.5. The molecule has 1 aromatic carbocycles. The Labute approximate surface area is 136 Å². The van der Waals surface area contributed by atoms with Crippen LogP contribution in [-0.2, 0) is 6.54 Å². The fourth-order valence-corrected chi connectivity index (χ4v) is 2.10.